The van der Waals surface area contributed by atoms with Gasteiger partial charge in [0.2, 0.25) is 10.0 Å². The summed E-state index contributed by atoms with van der Waals surface area (Å²) >= 11 is 5.94. The van der Waals surface area contributed by atoms with E-state index >= 15 is 0 Å². The van der Waals surface area contributed by atoms with Crippen molar-refractivity contribution in [2.75, 3.05) is 0 Å². The fraction of sp³-hybridized carbons (Fsp3) is 0.455. The molecule has 16 heavy (non-hydrogen) atoms. The van der Waals surface area contributed by atoms with Gasteiger partial charge in [0.05, 0.1) is 4.90 Å². The highest BCUT2D eigenvalue weighted by atomic mass is 35.5. The number of benzene rings is 1. The second-order valence-electron chi connectivity index (χ2n) is 4.26. The lowest BCUT2D eigenvalue weighted by Crippen LogP contribution is -2.48. The largest absolute Gasteiger partial charge is 0.241 e. The molecular weight excluding hydrogens is 246 g/mol. The molecular formula is C11H16ClNO2S. The molecule has 1 unspecified atom stereocenters. The number of hydrogen-bond donors (Lipinski definition) is 1. The van der Waals surface area contributed by atoms with Gasteiger partial charge >= 0.3 is 0 Å². The van der Waals surface area contributed by atoms with Crippen LogP contribution in [0.5, 0.6) is 0 Å². The molecule has 3 nitrogen and oxygen atoms in total. The topological polar surface area (TPSA) is 46.2 Å². The van der Waals surface area contributed by atoms with Gasteiger partial charge in [-0.05, 0) is 32.9 Å². The van der Waals surface area contributed by atoms with E-state index in [2.05, 4.69) is 4.72 Å². The van der Waals surface area contributed by atoms with E-state index in [4.69, 9.17) is 11.6 Å². The number of halogens is 1. The zero-order valence-electron chi connectivity index (χ0n) is 9.57. The van der Waals surface area contributed by atoms with Crippen molar-refractivity contribution in [3.8, 4) is 0 Å². The first kappa shape index (κ1) is 13.5. The average Bonchev–Trinajstić information content (AvgIpc) is 2.17. The first-order chi connectivity index (χ1) is 7.26. The molecule has 0 amide bonds. The van der Waals surface area contributed by atoms with Crippen LogP contribution in [0, 0.1) is 0 Å². The van der Waals surface area contributed by atoms with Crippen LogP contribution in [-0.2, 0) is 10.0 Å². The standard InChI is InChI=1S/C11H16ClNO2S/c1-9(12)11(2,3)13-16(14,15)10-7-5-4-6-8-10/h4-9,13H,1-3H3. The molecule has 0 saturated carbocycles. The van der Waals surface area contributed by atoms with Gasteiger partial charge < -0.3 is 0 Å². The van der Waals surface area contributed by atoms with Crippen LogP contribution in [0.25, 0.3) is 0 Å². The summed E-state index contributed by atoms with van der Waals surface area (Å²) < 4.78 is 26.6. The minimum atomic E-state index is -3.50. The molecule has 1 N–H and O–H groups in total. The van der Waals surface area contributed by atoms with E-state index in [1.54, 1.807) is 51.1 Å². The molecule has 1 aromatic rings. The van der Waals surface area contributed by atoms with Crippen molar-refractivity contribution in [3.05, 3.63) is 30.3 Å². The number of hydrogen-bond acceptors (Lipinski definition) is 2. The highest BCUT2D eigenvalue weighted by molar-refractivity contribution is 7.89. The van der Waals surface area contributed by atoms with Crippen molar-refractivity contribution < 1.29 is 8.42 Å². The minimum absolute atomic E-state index is 0.250. The Hall–Kier alpha value is -0.580. The van der Waals surface area contributed by atoms with E-state index in [1.807, 2.05) is 0 Å². The molecule has 90 valence electrons. The van der Waals surface area contributed by atoms with E-state index < -0.39 is 15.6 Å². The second kappa shape index (κ2) is 4.73. The van der Waals surface area contributed by atoms with Gasteiger partial charge in [0, 0.05) is 10.9 Å². The molecule has 0 aromatic heterocycles. The van der Waals surface area contributed by atoms with Crippen LogP contribution in [0.2, 0.25) is 0 Å². The van der Waals surface area contributed by atoms with Gasteiger partial charge in [-0.25, -0.2) is 13.1 Å². The molecule has 0 radical (unpaired) electrons. The van der Waals surface area contributed by atoms with Crippen LogP contribution in [0.1, 0.15) is 20.8 Å². The lowest BCUT2D eigenvalue weighted by Gasteiger charge is -2.28. The van der Waals surface area contributed by atoms with Crippen molar-refractivity contribution in [2.45, 2.75) is 36.6 Å². The quantitative estimate of drug-likeness (QED) is 0.846. The molecule has 0 heterocycles. The van der Waals surface area contributed by atoms with Crippen LogP contribution in [0.4, 0.5) is 0 Å². The van der Waals surface area contributed by atoms with Crippen LogP contribution in [0.3, 0.4) is 0 Å². The summed E-state index contributed by atoms with van der Waals surface area (Å²) in [6, 6.07) is 8.25. The smallest absolute Gasteiger partial charge is 0.207 e. The molecule has 0 saturated heterocycles. The van der Waals surface area contributed by atoms with Crippen molar-refractivity contribution >= 4 is 21.6 Å². The van der Waals surface area contributed by atoms with Crippen LogP contribution in [0.15, 0.2) is 35.2 Å². The Kier molecular flexibility index (Phi) is 3.99. The Morgan fingerprint density at radius 1 is 1.25 bits per heavy atom. The predicted octanol–water partition coefficient (Wildman–Crippen LogP) is 2.37. The summed E-state index contributed by atoms with van der Waals surface area (Å²) in [5.74, 6) is 0. The summed E-state index contributed by atoms with van der Waals surface area (Å²) in [7, 11) is -3.50. The monoisotopic (exact) mass is 261 g/mol. The highest BCUT2D eigenvalue weighted by Gasteiger charge is 2.30. The first-order valence-electron chi connectivity index (χ1n) is 4.99. The van der Waals surface area contributed by atoms with Gasteiger partial charge in [0.15, 0.2) is 0 Å². The normalized spacial score (nSPS) is 14.8. The molecule has 1 rings (SSSR count). The second-order valence-corrected chi connectivity index (χ2v) is 6.59. The Bertz CT molecular complexity index is 440. The van der Waals surface area contributed by atoms with Crippen molar-refractivity contribution in [1.29, 1.82) is 0 Å². The molecule has 0 aliphatic rings. The number of rotatable bonds is 4. The summed E-state index contributed by atoms with van der Waals surface area (Å²) in [6.45, 7) is 5.27. The maximum absolute atomic E-state index is 12.0. The molecule has 5 heteroatoms. The Labute approximate surface area is 102 Å². The van der Waals surface area contributed by atoms with Gasteiger partial charge in [0.25, 0.3) is 0 Å². The number of sulfonamides is 1. The molecule has 1 atom stereocenters. The zero-order chi connectivity index (χ0) is 12.4. The Morgan fingerprint density at radius 2 is 1.75 bits per heavy atom. The van der Waals surface area contributed by atoms with Gasteiger partial charge in [-0.3, -0.25) is 0 Å². The lowest BCUT2D eigenvalue weighted by atomic mass is 10.0. The molecule has 0 fully saturated rings. The molecule has 0 aliphatic carbocycles. The first-order valence-corrected chi connectivity index (χ1v) is 6.91. The number of nitrogens with one attached hydrogen (secondary N) is 1. The third-order valence-corrected chi connectivity index (χ3v) is 4.68. The Morgan fingerprint density at radius 3 is 2.19 bits per heavy atom. The van der Waals surface area contributed by atoms with Crippen molar-refractivity contribution in [3.63, 3.8) is 0 Å². The van der Waals surface area contributed by atoms with E-state index in [9.17, 15) is 8.42 Å². The maximum Gasteiger partial charge on any atom is 0.241 e. The molecule has 0 bridgehead atoms. The fourth-order valence-electron chi connectivity index (χ4n) is 1.09. The average molecular weight is 262 g/mol. The summed E-state index contributed by atoms with van der Waals surface area (Å²) in [4.78, 5) is 0.250. The van der Waals surface area contributed by atoms with E-state index in [0.29, 0.717) is 0 Å². The minimum Gasteiger partial charge on any atom is -0.207 e. The van der Waals surface area contributed by atoms with E-state index in [1.165, 1.54) is 0 Å². The predicted molar refractivity (Wildman–Crippen MR) is 66.2 cm³/mol. The summed E-state index contributed by atoms with van der Waals surface area (Å²) in [5.41, 5.74) is -0.684. The van der Waals surface area contributed by atoms with Gasteiger partial charge in [-0.15, -0.1) is 11.6 Å². The fourth-order valence-corrected chi connectivity index (χ4v) is 2.71. The van der Waals surface area contributed by atoms with Crippen LogP contribution >= 0.6 is 11.6 Å². The van der Waals surface area contributed by atoms with E-state index in [0.717, 1.165) is 0 Å². The third kappa shape index (κ3) is 3.20. The van der Waals surface area contributed by atoms with Crippen molar-refractivity contribution in [2.24, 2.45) is 0 Å². The van der Waals surface area contributed by atoms with Gasteiger partial charge in [-0.2, -0.15) is 0 Å². The third-order valence-electron chi connectivity index (χ3n) is 2.45. The lowest BCUT2D eigenvalue weighted by molar-refractivity contribution is 0.445. The van der Waals surface area contributed by atoms with Gasteiger partial charge in [0.1, 0.15) is 0 Å². The van der Waals surface area contributed by atoms with E-state index in [-0.39, 0.29) is 10.3 Å². The van der Waals surface area contributed by atoms with Crippen LogP contribution < -0.4 is 4.72 Å². The van der Waals surface area contributed by atoms with Crippen molar-refractivity contribution in [1.82, 2.24) is 4.72 Å². The number of alkyl halides is 1. The molecule has 1 aromatic carbocycles. The van der Waals surface area contributed by atoms with Crippen LogP contribution in [-0.4, -0.2) is 19.3 Å². The Balaban J connectivity index is 2.98. The molecule has 0 aliphatic heterocycles. The zero-order valence-corrected chi connectivity index (χ0v) is 11.1. The summed E-state index contributed by atoms with van der Waals surface area (Å²) in [6.07, 6.45) is 0. The summed E-state index contributed by atoms with van der Waals surface area (Å²) in [5, 5.41) is -0.300. The SMILES string of the molecule is CC(Cl)C(C)(C)NS(=O)(=O)c1ccccc1. The maximum atomic E-state index is 12.0. The molecule has 0 spiro atoms. The van der Waals surface area contributed by atoms with Gasteiger partial charge in [-0.1, -0.05) is 18.2 Å². The highest BCUT2D eigenvalue weighted by Crippen LogP contribution is 2.18.